The van der Waals surface area contributed by atoms with Crippen molar-refractivity contribution in [3.8, 4) is 0 Å². The summed E-state index contributed by atoms with van der Waals surface area (Å²) in [5.74, 6) is -0.776. The van der Waals surface area contributed by atoms with Crippen LogP contribution in [0.2, 0.25) is 0 Å². The summed E-state index contributed by atoms with van der Waals surface area (Å²) >= 11 is 0. The predicted molar refractivity (Wildman–Crippen MR) is 62.5 cm³/mol. The minimum absolute atomic E-state index is 0.0602. The van der Waals surface area contributed by atoms with Crippen molar-refractivity contribution in [1.82, 2.24) is 9.97 Å². The number of aliphatic hydroxyl groups excluding tert-OH is 1. The summed E-state index contributed by atoms with van der Waals surface area (Å²) in [4.78, 5) is 18.5. The van der Waals surface area contributed by atoms with Gasteiger partial charge in [-0.3, -0.25) is 4.98 Å². The van der Waals surface area contributed by atoms with Crippen LogP contribution in [0, 0.1) is 0 Å². The lowest BCUT2D eigenvalue weighted by Gasteiger charge is -2.36. The Balaban J connectivity index is 2.16. The van der Waals surface area contributed by atoms with E-state index in [1.807, 2.05) is 0 Å². The zero-order chi connectivity index (χ0) is 13.0. The Kier molecular flexibility index (Phi) is 3.73. The SMILES string of the molecule is O=C(O)c1cncc(NC2(CO)CCOCC2)n1. The van der Waals surface area contributed by atoms with Gasteiger partial charge in [-0.1, -0.05) is 0 Å². The largest absolute Gasteiger partial charge is 0.476 e. The molecule has 0 unspecified atom stereocenters. The Morgan fingerprint density at radius 3 is 2.78 bits per heavy atom. The second-order valence-electron chi connectivity index (χ2n) is 4.27. The number of hydrogen-bond acceptors (Lipinski definition) is 6. The third kappa shape index (κ3) is 2.74. The van der Waals surface area contributed by atoms with Crippen molar-refractivity contribution in [2.45, 2.75) is 18.4 Å². The van der Waals surface area contributed by atoms with Crippen LogP contribution in [0.15, 0.2) is 12.4 Å². The van der Waals surface area contributed by atoms with E-state index in [1.165, 1.54) is 12.4 Å². The smallest absolute Gasteiger partial charge is 0.356 e. The number of carboxylic acids is 1. The summed E-state index contributed by atoms with van der Waals surface area (Å²) in [7, 11) is 0. The molecular weight excluding hydrogens is 238 g/mol. The Morgan fingerprint density at radius 1 is 1.44 bits per heavy atom. The summed E-state index contributed by atoms with van der Waals surface area (Å²) in [5.41, 5.74) is -0.635. The number of ether oxygens (including phenoxy) is 1. The van der Waals surface area contributed by atoms with Crippen molar-refractivity contribution < 1.29 is 19.7 Å². The molecule has 0 amide bonds. The lowest BCUT2D eigenvalue weighted by Crippen LogP contribution is -2.47. The van der Waals surface area contributed by atoms with Gasteiger partial charge >= 0.3 is 5.97 Å². The molecule has 98 valence electrons. The van der Waals surface area contributed by atoms with E-state index in [4.69, 9.17) is 9.84 Å². The average Bonchev–Trinajstić information content (AvgIpc) is 2.40. The topological polar surface area (TPSA) is 105 Å². The van der Waals surface area contributed by atoms with E-state index in [0.717, 1.165) is 0 Å². The molecule has 1 aromatic rings. The highest BCUT2D eigenvalue weighted by molar-refractivity contribution is 5.85. The molecule has 1 aromatic heterocycles. The van der Waals surface area contributed by atoms with E-state index in [-0.39, 0.29) is 12.3 Å². The van der Waals surface area contributed by atoms with E-state index in [1.54, 1.807) is 0 Å². The summed E-state index contributed by atoms with van der Waals surface area (Å²) in [6.45, 7) is 1.05. The Morgan fingerprint density at radius 2 is 2.17 bits per heavy atom. The maximum atomic E-state index is 10.8. The number of carboxylic acid groups (broad SMARTS) is 1. The van der Waals surface area contributed by atoms with Gasteiger partial charge < -0.3 is 20.3 Å². The van der Waals surface area contributed by atoms with Crippen LogP contribution in [-0.4, -0.2) is 51.5 Å². The number of nitrogens with zero attached hydrogens (tertiary/aromatic N) is 2. The van der Waals surface area contributed by atoms with Crippen LogP contribution in [0.5, 0.6) is 0 Å². The molecule has 1 aliphatic rings. The standard InChI is InChI=1S/C11H15N3O4/c15-7-11(1-3-18-4-2-11)14-9-6-12-5-8(13-9)10(16)17/h5-6,15H,1-4,7H2,(H,13,14)(H,16,17). The minimum atomic E-state index is -1.13. The summed E-state index contributed by atoms with van der Waals surface area (Å²) < 4.78 is 5.24. The fourth-order valence-corrected chi connectivity index (χ4v) is 1.89. The molecule has 7 nitrogen and oxygen atoms in total. The molecule has 0 atom stereocenters. The molecule has 0 spiro atoms. The van der Waals surface area contributed by atoms with Gasteiger partial charge in [0, 0.05) is 13.2 Å². The number of anilines is 1. The number of aliphatic hydroxyl groups is 1. The van der Waals surface area contributed by atoms with E-state index >= 15 is 0 Å². The van der Waals surface area contributed by atoms with Gasteiger partial charge in [0.15, 0.2) is 5.69 Å². The first kappa shape index (κ1) is 12.7. The predicted octanol–water partition coefficient (Wildman–Crippen LogP) is 0.128. The van der Waals surface area contributed by atoms with Crippen molar-refractivity contribution in [2.75, 3.05) is 25.1 Å². The molecule has 2 heterocycles. The van der Waals surface area contributed by atoms with Crippen molar-refractivity contribution in [1.29, 1.82) is 0 Å². The van der Waals surface area contributed by atoms with Gasteiger partial charge in [-0.25, -0.2) is 9.78 Å². The zero-order valence-electron chi connectivity index (χ0n) is 9.80. The van der Waals surface area contributed by atoms with Crippen LogP contribution >= 0.6 is 0 Å². The van der Waals surface area contributed by atoms with Gasteiger partial charge in [0.25, 0.3) is 0 Å². The van der Waals surface area contributed by atoms with Crippen LogP contribution in [0.3, 0.4) is 0 Å². The molecule has 0 saturated carbocycles. The second kappa shape index (κ2) is 5.28. The molecule has 7 heteroatoms. The minimum Gasteiger partial charge on any atom is -0.476 e. The van der Waals surface area contributed by atoms with Crippen LogP contribution in [0.4, 0.5) is 5.82 Å². The normalized spacial score (nSPS) is 18.3. The van der Waals surface area contributed by atoms with Crippen molar-refractivity contribution in [3.63, 3.8) is 0 Å². The number of nitrogens with one attached hydrogen (secondary N) is 1. The second-order valence-corrected chi connectivity index (χ2v) is 4.27. The molecule has 2 rings (SSSR count). The first-order chi connectivity index (χ1) is 8.65. The Labute approximate surface area is 104 Å². The Hall–Kier alpha value is -1.73. The fraction of sp³-hybridized carbons (Fsp3) is 0.545. The molecule has 1 aliphatic heterocycles. The quantitative estimate of drug-likeness (QED) is 0.700. The molecule has 3 N–H and O–H groups in total. The molecule has 0 aliphatic carbocycles. The average molecular weight is 253 g/mol. The maximum absolute atomic E-state index is 10.8. The molecule has 1 saturated heterocycles. The van der Waals surface area contributed by atoms with Crippen LogP contribution in [-0.2, 0) is 4.74 Å². The summed E-state index contributed by atoms with van der Waals surface area (Å²) in [5, 5.41) is 21.4. The van der Waals surface area contributed by atoms with Gasteiger partial charge in [-0.2, -0.15) is 0 Å². The van der Waals surface area contributed by atoms with Crippen molar-refractivity contribution >= 4 is 11.8 Å². The van der Waals surface area contributed by atoms with E-state index in [0.29, 0.717) is 31.9 Å². The number of carbonyl (C=O) groups is 1. The van der Waals surface area contributed by atoms with Gasteiger partial charge in [0.05, 0.1) is 24.5 Å². The lowest BCUT2D eigenvalue weighted by atomic mass is 9.91. The van der Waals surface area contributed by atoms with Gasteiger partial charge in [-0.15, -0.1) is 0 Å². The number of aromatic nitrogens is 2. The lowest BCUT2D eigenvalue weighted by molar-refractivity contribution is 0.0378. The van der Waals surface area contributed by atoms with Crippen molar-refractivity contribution in [3.05, 3.63) is 18.1 Å². The molecule has 0 aromatic carbocycles. The van der Waals surface area contributed by atoms with Crippen LogP contribution < -0.4 is 5.32 Å². The molecule has 18 heavy (non-hydrogen) atoms. The molecule has 0 bridgehead atoms. The van der Waals surface area contributed by atoms with Crippen molar-refractivity contribution in [2.24, 2.45) is 0 Å². The van der Waals surface area contributed by atoms with Gasteiger partial charge in [0.1, 0.15) is 5.82 Å². The zero-order valence-corrected chi connectivity index (χ0v) is 9.80. The first-order valence-electron chi connectivity index (χ1n) is 5.67. The number of rotatable bonds is 4. The van der Waals surface area contributed by atoms with Crippen LogP contribution in [0.1, 0.15) is 23.3 Å². The highest BCUT2D eigenvalue weighted by Gasteiger charge is 2.32. The monoisotopic (exact) mass is 253 g/mol. The Bertz CT molecular complexity index is 432. The maximum Gasteiger partial charge on any atom is 0.356 e. The third-order valence-electron chi connectivity index (χ3n) is 3.00. The van der Waals surface area contributed by atoms with Crippen LogP contribution in [0.25, 0.3) is 0 Å². The molecular formula is C11H15N3O4. The molecule has 0 radical (unpaired) electrons. The van der Waals surface area contributed by atoms with Gasteiger partial charge in [-0.05, 0) is 12.8 Å². The highest BCUT2D eigenvalue weighted by Crippen LogP contribution is 2.24. The highest BCUT2D eigenvalue weighted by atomic mass is 16.5. The van der Waals surface area contributed by atoms with E-state index in [2.05, 4.69) is 15.3 Å². The number of hydrogen-bond donors (Lipinski definition) is 3. The summed E-state index contributed by atoms with van der Waals surface area (Å²) in [6.07, 6.45) is 3.91. The van der Waals surface area contributed by atoms with E-state index < -0.39 is 11.5 Å². The third-order valence-corrected chi connectivity index (χ3v) is 3.00. The summed E-state index contributed by atoms with van der Waals surface area (Å²) in [6, 6.07) is 0. The van der Waals surface area contributed by atoms with Gasteiger partial charge in [0.2, 0.25) is 0 Å². The molecule has 1 fully saturated rings. The first-order valence-corrected chi connectivity index (χ1v) is 5.67. The number of aromatic carboxylic acids is 1. The van der Waals surface area contributed by atoms with E-state index in [9.17, 15) is 9.90 Å². The fourth-order valence-electron chi connectivity index (χ4n) is 1.89.